The Bertz CT molecular complexity index is 1030. The molecule has 1 aromatic heterocycles. The van der Waals surface area contributed by atoms with E-state index in [-0.39, 0.29) is 6.42 Å². The highest BCUT2D eigenvalue weighted by atomic mass is 35.5. The van der Waals surface area contributed by atoms with Crippen LogP contribution < -0.4 is 0 Å². The molecule has 2 heterocycles. The second-order valence-electron chi connectivity index (χ2n) is 6.71. The maximum Gasteiger partial charge on any atom is 0.306 e. The van der Waals surface area contributed by atoms with Gasteiger partial charge in [-0.2, -0.15) is 0 Å². The molecule has 8 heteroatoms. The van der Waals surface area contributed by atoms with Gasteiger partial charge in [0, 0.05) is 28.3 Å². The van der Waals surface area contributed by atoms with Gasteiger partial charge in [-0.3, -0.25) is 14.4 Å². The van der Waals surface area contributed by atoms with E-state index in [1.165, 1.54) is 0 Å². The van der Waals surface area contributed by atoms with Crippen LogP contribution in [0.2, 0.25) is 5.02 Å². The number of aliphatic imine (C=N–C) groups is 1. The van der Waals surface area contributed by atoms with Crippen molar-refractivity contribution in [3.8, 4) is 0 Å². The third kappa shape index (κ3) is 3.22. The Kier molecular flexibility index (Phi) is 4.77. The minimum Gasteiger partial charge on any atom is -0.501 e. The average Bonchev–Trinajstić information content (AvgIpc) is 3.00. The molecule has 1 aliphatic heterocycles. The third-order valence-electron chi connectivity index (χ3n) is 4.93. The molecule has 28 heavy (non-hydrogen) atoms. The van der Waals surface area contributed by atoms with E-state index < -0.39 is 12.0 Å². The minimum absolute atomic E-state index is 0.170. The van der Waals surface area contributed by atoms with Crippen LogP contribution in [0, 0.1) is 6.92 Å². The van der Waals surface area contributed by atoms with Crippen molar-refractivity contribution in [1.82, 2.24) is 14.8 Å². The summed E-state index contributed by atoms with van der Waals surface area (Å²) in [5, 5.41) is 18.5. The summed E-state index contributed by atoms with van der Waals surface area (Å²) in [7, 11) is 1.65. The normalized spacial score (nSPS) is 18.6. The number of aromatic nitrogens is 3. The molecule has 1 unspecified atom stereocenters. The van der Waals surface area contributed by atoms with Crippen molar-refractivity contribution < 1.29 is 14.6 Å². The Balaban J connectivity index is 1.98. The average molecular weight is 399 g/mol. The van der Waals surface area contributed by atoms with E-state index in [0.717, 1.165) is 29.0 Å². The molecule has 0 amide bonds. The number of carboxylic acids is 1. The van der Waals surface area contributed by atoms with E-state index in [2.05, 4.69) is 10.2 Å². The summed E-state index contributed by atoms with van der Waals surface area (Å²) in [6, 6.07) is 6.72. The second-order valence-corrected chi connectivity index (χ2v) is 7.15. The number of hydrogen-bond donors (Lipinski definition) is 1. The van der Waals surface area contributed by atoms with Crippen LogP contribution in [0.4, 0.5) is 0 Å². The molecule has 2 aliphatic rings. The van der Waals surface area contributed by atoms with Gasteiger partial charge in [-0.05, 0) is 31.6 Å². The van der Waals surface area contributed by atoms with Gasteiger partial charge in [0.15, 0.2) is 5.82 Å². The molecule has 0 fully saturated rings. The lowest BCUT2D eigenvalue weighted by Gasteiger charge is -2.21. The van der Waals surface area contributed by atoms with Gasteiger partial charge in [-0.25, -0.2) is 0 Å². The number of methoxy groups -OCH3 is 1. The molecule has 0 radical (unpaired) electrons. The van der Waals surface area contributed by atoms with Crippen LogP contribution >= 0.6 is 11.6 Å². The van der Waals surface area contributed by atoms with E-state index in [4.69, 9.17) is 21.3 Å². The molecular weight excluding hydrogens is 380 g/mol. The molecule has 0 bridgehead atoms. The first-order valence-electron chi connectivity index (χ1n) is 8.94. The van der Waals surface area contributed by atoms with E-state index in [1.807, 2.05) is 29.7 Å². The van der Waals surface area contributed by atoms with Gasteiger partial charge in [-0.15, -0.1) is 10.2 Å². The fourth-order valence-corrected chi connectivity index (χ4v) is 3.77. The summed E-state index contributed by atoms with van der Waals surface area (Å²) in [6.07, 6.45) is 3.26. The maximum absolute atomic E-state index is 11.5. The van der Waals surface area contributed by atoms with Gasteiger partial charge in [-0.1, -0.05) is 23.7 Å². The van der Waals surface area contributed by atoms with Crippen molar-refractivity contribution in [3.05, 3.63) is 63.9 Å². The topological polar surface area (TPSA) is 89.6 Å². The Morgan fingerprint density at radius 1 is 1.29 bits per heavy atom. The molecule has 1 aliphatic carbocycles. The van der Waals surface area contributed by atoms with Gasteiger partial charge in [0.25, 0.3) is 0 Å². The first-order chi connectivity index (χ1) is 13.5. The summed E-state index contributed by atoms with van der Waals surface area (Å²) in [4.78, 5) is 16.3. The van der Waals surface area contributed by atoms with Gasteiger partial charge < -0.3 is 9.84 Å². The van der Waals surface area contributed by atoms with Crippen molar-refractivity contribution in [1.29, 1.82) is 0 Å². The van der Waals surface area contributed by atoms with Crippen LogP contribution in [-0.4, -0.2) is 38.7 Å². The Labute approximate surface area is 167 Å². The number of carbonyl (C=O) groups is 1. The zero-order valence-corrected chi connectivity index (χ0v) is 16.3. The molecule has 1 atom stereocenters. The molecule has 2 aromatic rings. The number of rotatable bonds is 4. The van der Waals surface area contributed by atoms with Crippen LogP contribution in [0.1, 0.15) is 42.5 Å². The number of allylic oxidation sites excluding steroid dienone is 4. The van der Waals surface area contributed by atoms with Crippen LogP contribution in [0.25, 0.3) is 5.70 Å². The smallest absolute Gasteiger partial charge is 0.306 e. The number of halogens is 1. The van der Waals surface area contributed by atoms with Gasteiger partial charge in [0.2, 0.25) is 0 Å². The number of nitrogens with zero attached hydrogens (tertiary/aromatic N) is 4. The maximum atomic E-state index is 11.5. The van der Waals surface area contributed by atoms with E-state index in [0.29, 0.717) is 28.8 Å². The van der Waals surface area contributed by atoms with E-state index in [9.17, 15) is 9.90 Å². The lowest BCUT2D eigenvalue weighted by Crippen LogP contribution is -2.14. The number of ether oxygens (including phenoxy) is 1. The summed E-state index contributed by atoms with van der Waals surface area (Å²) in [5.74, 6) is 1.17. The molecule has 0 saturated heterocycles. The molecule has 4 rings (SSSR count). The highest BCUT2D eigenvalue weighted by Crippen LogP contribution is 2.37. The number of aryl methyl sites for hydroxylation is 1. The van der Waals surface area contributed by atoms with Crippen molar-refractivity contribution in [3.63, 3.8) is 0 Å². The zero-order chi connectivity index (χ0) is 19.8. The van der Waals surface area contributed by atoms with Crippen molar-refractivity contribution >= 4 is 29.0 Å². The largest absolute Gasteiger partial charge is 0.501 e. The minimum atomic E-state index is -0.940. The van der Waals surface area contributed by atoms with E-state index >= 15 is 0 Å². The predicted molar refractivity (Wildman–Crippen MR) is 105 cm³/mol. The summed E-state index contributed by atoms with van der Waals surface area (Å²) < 4.78 is 7.43. The fraction of sp³-hybridized carbons (Fsp3) is 0.300. The molecule has 1 aromatic carbocycles. The molecule has 7 nitrogen and oxygen atoms in total. The first kappa shape index (κ1) is 18.4. The highest BCUT2D eigenvalue weighted by Gasteiger charge is 2.32. The molecule has 0 spiro atoms. The summed E-state index contributed by atoms with van der Waals surface area (Å²) in [6.45, 7) is 1.86. The Morgan fingerprint density at radius 3 is 2.71 bits per heavy atom. The predicted octanol–water partition coefficient (Wildman–Crippen LogP) is 3.79. The lowest BCUT2D eigenvalue weighted by molar-refractivity contribution is -0.137. The molecule has 144 valence electrons. The Hall–Kier alpha value is -2.93. The van der Waals surface area contributed by atoms with Crippen LogP contribution in [0.5, 0.6) is 0 Å². The number of hydrogen-bond acceptors (Lipinski definition) is 5. The number of benzene rings is 1. The molecule has 1 N–H and O–H groups in total. The summed E-state index contributed by atoms with van der Waals surface area (Å²) in [5.41, 5.74) is 3.46. The number of aliphatic carboxylic acids is 1. The quantitative estimate of drug-likeness (QED) is 0.846. The monoisotopic (exact) mass is 398 g/mol. The zero-order valence-electron chi connectivity index (χ0n) is 15.5. The highest BCUT2D eigenvalue weighted by molar-refractivity contribution is 6.30. The third-order valence-corrected chi connectivity index (χ3v) is 5.18. The molecule has 0 saturated carbocycles. The first-order valence-corrected chi connectivity index (χ1v) is 9.31. The van der Waals surface area contributed by atoms with Gasteiger partial charge in [0.1, 0.15) is 11.9 Å². The van der Waals surface area contributed by atoms with Crippen LogP contribution in [0.3, 0.4) is 0 Å². The summed E-state index contributed by atoms with van der Waals surface area (Å²) >= 11 is 6.06. The lowest BCUT2D eigenvalue weighted by atomic mass is 9.93. The van der Waals surface area contributed by atoms with Crippen LogP contribution in [0.15, 0.2) is 46.7 Å². The van der Waals surface area contributed by atoms with Crippen molar-refractivity contribution in [2.24, 2.45) is 4.99 Å². The standard InChI is InChI=1S/C20H19ClN4O3/c1-11-23-24-20-16(10-18(26)27)22-19(12-3-5-13(21)6-4-12)15-9-14(28-2)7-8-17(15)25(11)20/h3-6,9,16H,7-8,10H2,1-2H3,(H,26,27). The van der Waals surface area contributed by atoms with E-state index in [1.54, 1.807) is 19.2 Å². The van der Waals surface area contributed by atoms with Gasteiger partial charge in [0.05, 0.1) is 25.0 Å². The van der Waals surface area contributed by atoms with Gasteiger partial charge >= 0.3 is 5.97 Å². The Morgan fingerprint density at radius 2 is 2.04 bits per heavy atom. The van der Waals surface area contributed by atoms with Crippen molar-refractivity contribution in [2.75, 3.05) is 7.11 Å². The van der Waals surface area contributed by atoms with Crippen molar-refractivity contribution in [2.45, 2.75) is 32.2 Å². The fourth-order valence-electron chi connectivity index (χ4n) is 3.64. The molecular formula is C20H19ClN4O3. The number of fused-ring (bicyclic) bond motifs is 2. The second kappa shape index (κ2) is 7.24. The van der Waals surface area contributed by atoms with Crippen LogP contribution in [-0.2, 0) is 9.53 Å². The SMILES string of the molecule is COC1=CC2=C(CC1)n1c(C)nnc1C(CC(=O)O)N=C2c1ccc(Cl)cc1. The number of carboxylic acid groups (broad SMARTS) is 1.